The number of carbonyl (C=O) groups excluding carboxylic acids is 1. The van der Waals surface area contributed by atoms with Gasteiger partial charge in [-0.05, 0) is 32.0 Å². The molecule has 1 aliphatic rings. The van der Waals surface area contributed by atoms with Gasteiger partial charge < -0.3 is 14.8 Å². The van der Waals surface area contributed by atoms with E-state index in [9.17, 15) is 13.2 Å². The summed E-state index contributed by atoms with van der Waals surface area (Å²) in [4.78, 5) is 12.2. The van der Waals surface area contributed by atoms with E-state index in [1.807, 2.05) is 0 Å². The van der Waals surface area contributed by atoms with E-state index < -0.39 is 14.6 Å². The average molecular weight is 327 g/mol. The van der Waals surface area contributed by atoms with Crippen LogP contribution in [-0.2, 0) is 14.6 Å². The Kier molecular flexibility index (Phi) is 4.77. The fraction of sp³-hybridized carbons (Fsp3) is 0.533. The third-order valence-corrected chi connectivity index (χ3v) is 6.64. The fourth-order valence-electron chi connectivity index (χ4n) is 2.18. The van der Waals surface area contributed by atoms with E-state index in [1.54, 1.807) is 45.2 Å². The van der Waals surface area contributed by atoms with E-state index in [0.717, 1.165) is 0 Å². The van der Waals surface area contributed by atoms with Gasteiger partial charge in [-0.3, -0.25) is 4.79 Å². The Bertz CT molecular complexity index is 654. The van der Waals surface area contributed by atoms with Gasteiger partial charge in [0.15, 0.2) is 9.84 Å². The van der Waals surface area contributed by atoms with E-state index in [0.29, 0.717) is 24.5 Å². The number of nitrogens with one attached hydrogen (secondary N) is 1. The molecule has 0 unspecified atom stereocenters. The highest BCUT2D eigenvalue weighted by molar-refractivity contribution is 7.94. The Balaban J connectivity index is 2.00. The predicted octanol–water partition coefficient (Wildman–Crippen LogP) is 1.02. The Hall–Kier alpha value is -1.60. The molecule has 1 atom stereocenters. The molecule has 1 aliphatic heterocycles. The van der Waals surface area contributed by atoms with Crippen molar-refractivity contribution >= 4 is 15.7 Å². The second kappa shape index (κ2) is 6.26. The normalized spacial score (nSPS) is 21.7. The average Bonchev–Trinajstić information content (AvgIpc) is 2.47. The van der Waals surface area contributed by atoms with Crippen molar-refractivity contribution in [2.75, 3.05) is 26.1 Å². The highest BCUT2D eigenvalue weighted by Crippen LogP contribution is 2.33. The smallest absolute Gasteiger partial charge is 0.251 e. The van der Waals surface area contributed by atoms with E-state index in [4.69, 9.17) is 9.47 Å². The van der Waals surface area contributed by atoms with Crippen LogP contribution in [0, 0.1) is 0 Å². The minimum absolute atomic E-state index is 0.0181. The Morgan fingerprint density at radius 2 is 2.09 bits per heavy atom. The molecular formula is C15H21NO5S. The molecule has 1 aromatic rings. The number of hydrogen-bond donors (Lipinski definition) is 1. The molecule has 1 amide bonds. The molecule has 1 heterocycles. The molecule has 1 fully saturated rings. The van der Waals surface area contributed by atoms with Crippen LogP contribution in [0.3, 0.4) is 0 Å². The Labute approximate surface area is 130 Å². The van der Waals surface area contributed by atoms with Gasteiger partial charge in [0.2, 0.25) is 0 Å². The number of methoxy groups -OCH3 is 1. The van der Waals surface area contributed by atoms with Gasteiger partial charge in [0.05, 0.1) is 23.1 Å². The van der Waals surface area contributed by atoms with Crippen molar-refractivity contribution in [3.05, 3.63) is 29.8 Å². The van der Waals surface area contributed by atoms with Gasteiger partial charge in [-0.15, -0.1) is 0 Å². The zero-order valence-electron chi connectivity index (χ0n) is 13.0. The number of ether oxygens (including phenoxy) is 2. The van der Waals surface area contributed by atoms with Crippen molar-refractivity contribution in [1.82, 2.24) is 5.32 Å². The number of rotatable bonds is 6. The lowest BCUT2D eigenvalue weighted by molar-refractivity contribution is 0.0928. The van der Waals surface area contributed by atoms with Crippen LogP contribution >= 0.6 is 0 Å². The fourth-order valence-corrected chi connectivity index (χ4v) is 3.83. The zero-order chi connectivity index (χ0) is 16.4. The predicted molar refractivity (Wildman–Crippen MR) is 82.9 cm³/mol. The van der Waals surface area contributed by atoms with Crippen LogP contribution < -0.4 is 10.1 Å². The number of sulfone groups is 1. The van der Waals surface area contributed by atoms with Gasteiger partial charge in [-0.2, -0.15) is 0 Å². The van der Waals surface area contributed by atoms with Crippen LogP contribution in [0.5, 0.6) is 5.75 Å². The summed E-state index contributed by atoms with van der Waals surface area (Å²) in [5, 5.41) is 2.77. The number of hydrogen-bond acceptors (Lipinski definition) is 5. The zero-order valence-corrected chi connectivity index (χ0v) is 13.8. The lowest BCUT2D eigenvalue weighted by Gasteiger charge is -2.43. The van der Waals surface area contributed by atoms with Crippen LogP contribution in [0.15, 0.2) is 24.3 Å². The van der Waals surface area contributed by atoms with Crippen LogP contribution in [0.4, 0.5) is 0 Å². The minimum atomic E-state index is -3.11. The lowest BCUT2D eigenvalue weighted by atomic mass is 10.0. The maximum Gasteiger partial charge on any atom is 0.251 e. The van der Waals surface area contributed by atoms with Gasteiger partial charge in [0, 0.05) is 12.7 Å². The monoisotopic (exact) mass is 327 g/mol. The first-order chi connectivity index (χ1) is 10.3. The first-order valence-electron chi connectivity index (χ1n) is 7.03. The van der Waals surface area contributed by atoms with E-state index in [-0.39, 0.29) is 17.7 Å². The quantitative estimate of drug-likeness (QED) is 0.789. The summed E-state index contributed by atoms with van der Waals surface area (Å²) in [7, 11) is -1.53. The molecule has 2 rings (SSSR count). The third-order valence-electron chi connectivity index (χ3n) is 3.98. The SMILES string of the molecule is COCCOc1cccc(C(=O)N[C@H]2CS(=O)(=O)C2(C)C)c1. The molecule has 0 aliphatic carbocycles. The second-order valence-electron chi connectivity index (χ2n) is 5.78. The molecule has 0 saturated carbocycles. The van der Waals surface area contributed by atoms with Crippen molar-refractivity contribution in [3.63, 3.8) is 0 Å². The summed E-state index contributed by atoms with van der Waals surface area (Å²) in [6.07, 6.45) is 0. The minimum Gasteiger partial charge on any atom is -0.491 e. The summed E-state index contributed by atoms with van der Waals surface area (Å²) >= 11 is 0. The van der Waals surface area contributed by atoms with Crippen molar-refractivity contribution < 1.29 is 22.7 Å². The first-order valence-corrected chi connectivity index (χ1v) is 8.68. The van der Waals surface area contributed by atoms with E-state index >= 15 is 0 Å². The van der Waals surface area contributed by atoms with Crippen molar-refractivity contribution in [2.24, 2.45) is 0 Å². The Morgan fingerprint density at radius 1 is 1.36 bits per heavy atom. The van der Waals surface area contributed by atoms with E-state index in [2.05, 4.69) is 5.32 Å². The van der Waals surface area contributed by atoms with Crippen LogP contribution in [0.1, 0.15) is 24.2 Å². The highest BCUT2D eigenvalue weighted by atomic mass is 32.2. The summed E-state index contributed by atoms with van der Waals surface area (Å²) in [5.74, 6) is 0.255. The molecule has 1 saturated heterocycles. The van der Waals surface area contributed by atoms with Crippen LogP contribution in [-0.4, -0.2) is 51.2 Å². The molecule has 0 aromatic heterocycles. The second-order valence-corrected chi connectivity index (χ2v) is 8.40. The van der Waals surface area contributed by atoms with Crippen molar-refractivity contribution in [3.8, 4) is 5.75 Å². The Morgan fingerprint density at radius 3 is 2.68 bits per heavy atom. The van der Waals surface area contributed by atoms with Gasteiger partial charge in [0.1, 0.15) is 12.4 Å². The molecule has 1 aromatic carbocycles. The molecule has 7 heteroatoms. The van der Waals surface area contributed by atoms with Gasteiger partial charge >= 0.3 is 0 Å². The highest BCUT2D eigenvalue weighted by Gasteiger charge is 2.54. The van der Waals surface area contributed by atoms with Crippen LogP contribution in [0.25, 0.3) is 0 Å². The molecule has 6 nitrogen and oxygen atoms in total. The molecule has 0 spiro atoms. The maximum atomic E-state index is 12.2. The molecule has 1 N–H and O–H groups in total. The number of benzene rings is 1. The third kappa shape index (κ3) is 3.25. The molecule has 122 valence electrons. The summed E-state index contributed by atoms with van der Waals surface area (Å²) < 4.78 is 32.8. The number of amides is 1. The van der Waals surface area contributed by atoms with E-state index in [1.165, 1.54) is 0 Å². The van der Waals surface area contributed by atoms with Crippen molar-refractivity contribution in [1.29, 1.82) is 0 Å². The topological polar surface area (TPSA) is 81.7 Å². The molecule has 22 heavy (non-hydrogen) atoms. The largest absolute Gasteiger partial charge is 0.491 e. The molecular weight excluding hydrogens is 306 g/mol. The maximum absolute atomic E-state index is 12.2. The summed E-state index contributed by atoms with van der Waals surface area (Å²) in [5.41, 5.74) is 0.440. The first kappa shape index (κ1) is 16.8. The molecule has 0 radical (unpaired) electrons. The van der Waals surface area contributed by atoms with Gasteiger partial charge in [-0.25, -0.2) is 8.42 Å². The summed E-state index contributed by atoms with van der Waals surface area (Å²) in [6, 6.07) is 6.40. The summed E-state index contributed by atoms with van der Waals surface area (Å²) in [6.45, 7) is 4.11. The van der Waals surface area contributed by atoms with Gasteiger partial charge in [0.25, 0.3) is 5.91 Å². The number of carbonyl (C=O) groups is 1. The van der Waals surface area contributed by atoms with Gasteiger partial charge in [-0.1, -0.05) is 6.07 Å². The standard InChI is InChI=1S/C15H21NO5S/c1-15(2)13(10-22(15,18)19)16-14(17)11-5-4-6-12(9-11)21-8-7-20-3/h4-6,9,13H,7-8,10H2,1-3H3,(H,16,17)/t13-/m0/s1. The molecule has 0 bridgehead atoms. The van der Waals surface area contributed by atoms with Crippen molar-refractivity contribution in [2.45, 2.75) is 24.6 Å². The van der Waals surface area contributed by atoms with Crippen LogP contribution in [0.2, 0.25) is 0 Å². The lowest BCUT2D eigenvalue weighted by Crippen LogP contribution is -2.66.